The van der Waals surface area contributed by atoms with Crippen molar-refractivity contribution in [1.29, 1.82) is 0 Å². The minimum absolute atomic E-state index is 0.0207. The zero-order valence-electron chi connectivity index (χ0n) is 11.5. The van der Waals surface area contributed by atoms with Crippen LogP contribution in [0.3, 0.4) is 0 Å². The van der Waals surface area contributed by atoms with Crippen LogP contribution in [0.1, 0.15) is 47.0 Å². The van der Waals surface area contributed by atoms with Crippen molar-refractivity contribution in [1.82, 2.24) is 0 Å². The van der Waals surface area contributed by atoms with Crippen molar-refractivity contribution in [3.05, 3.63) is 11.6 Å². The second-order valence-electron chi connectivity index (χ2n) is 6.69. The Bertz CT molecular complexity index is 317. The van der Waals surface area contributed by atoms with Gasteiger partial charge in [-0.1, -0.05) is 25.5 Å². The van der Waals surface area contributed by atoms with E-state index in [2.05, 4.69) is 26.8 Å². The minimum Gasteiger partial charge on any atom is -0.392 e. The second-order valence-corrected chi connectivity index (χ2v) is 6.69. The van der Waals surface area contributed by atoms with E-state index >= 15 is 0 Å². The van der Waals surface area contributed by atoms with Crippen LogP contribution in [-0.2, 0) is 0 Å². The number of rotatable bonds is 1. The Labute approximate surface area is 105 Å². The smallest absolute Gasteiger partial charge is 0.0678 e. The van der Waals surface area contributed by atoms with Gasteiger partial charge in [-0.25, -0.2) is 0 Å². The molecular formula is C15H26O2. The van der Waals surface area contributed by atoms with Crippen LogP contribution in [0.25, 0.3) is 0 Å². The monoisotopic (exact) mass is 238 g/mol. The minimum atomic E-state index is -0.702. The topological polar surface area (TPSA) is 40.5 Å². The number of hydrogen-bond donors (Lipinski definition) is 2. The van der Waals surface area contributed by atoms with Gasteiger partial charge in [0.15, 0.2) is 0 Å². The molecule has 1 fully saturated rings. The zero-order chi connectivity index (χ0) is 12.8. The highest BCUT2D eigenvalue weighted by molar-refractivity contribution is 5.16. The fourth-order valence-corrected chi connectivity index (χ4v) is 4.03. The van der Waals surface area contributed by atoms with Crippen LogP contribution in [0, 0.1) is 23.7 Å². The molecule has 0 radical (unpaired) electrons. The maximum atomic E-state index is 10.5. The van der Waals surface area contributed by atoms with E-state index in [4.69, 9.17) is 0 Å². The van der Waals surface area contributed by atoms with E-state index in [0.29, 0.717) is 17.8 Å². The summed E-state index contributed by atoms with van der Waals surface area (Å²) in [6.45, 7) is 8.51. The first-order valence-corrected chi connectivity index (χ1v) is 6.90. The number of hydrogen-bond acceptors (Lipinski definition) is 2. The molecular weight excluding hydrogens is 212 g/mol. The molecule has 0 unspecified atom stereocenters. The lowest BCUT2D eigenvalue weighted by Crippen LogP contribution is -2.53. The molecule has 2 nitrogen and oxygen atoms in total. The van der Waals surface area contributed by atoms with Crippen LogP contribution in [0.5, 0.6) is 0 Å². The quantitative estimate of drug-likeness (QED) is 0.690. The first-order valence-electron chi connectivity index (χ1n) is 6.90. The van der Waals surface area contributed by atoms with Gasteiger partial charge in [0, 0.05) is 5.92 Å². The number of allylic oxidation sites excluding steroid dienone is 1. The van der Waals surface area contributed by atoms with Gasteiger partial charge < -0.3 is 10.2 Å². The van der Waals surface area contributed by atoms with Gasteiger partial charge in [-0.15, -0.1) is 0 Å². The largest absolute Gasteiger partial charge is 0.392 e. The Morgan fingerprint density at radius 2 is 2.06 bits per heavy atom. The standard InChI is InChI=1S/C15H26O2/c1-9(2)11-5-6-15(4,17)14-12(11)7-10(3)8-13(14)16/h7,9,11-14,16-17H,5-6,8H2,1-4H3/t11-,12-,13+,14+,15+/m0/s1. The molecule has 0 aromatic rings. The fraction of sp³-hybridized carbons (Fsp3) is 0.867. The van der Waals surface area contributed by atoms with Crippen LogP contribution in [0.2, 0.25) is 0 Å². The summed E-state index contributed by atoms with van der Waals surface area (Å²) in [5.41, 5.74) is 0.578. The van der Waals surface area contributed by atoms with E-state index in [0.717, 1.165) is 19.3 Å². The first-order chi connectivity index (χ1) is 7.83. The third-order valence-corrected chi connectivity index (χ3v) is 4.89. The third kappa shape index (κ3) is 2.30. The van der Waals surface area contributed by atoms with E-state index in [1.807, 2.05) is 6.92 Å². The van der Waals surface area contributed by atoms with Crippen molar-refractivity contribution < 1.29 is 10.2 Å². The van der Waals surface area contributed by atoms with Gasteiger partial charge >= 0.3 is 0 Å². The average molecular weight is 238 g/mol. The normalized spacial score (nSPS) is 46.6. The second kappa shape index (κ2) is 4.40. The highest BCUT2D eigenvalue weighted by Gasteiger charge is 2.49. The lowest BCUT2D eigenvalue weighted by atomic mass is 9.57. The molecule has 0 spiro atoms. The van der Waals surface area contributed by atoms with Crippen molar-refractivity contribution in [2.45, 2.75) is 58.7 Å². The van der Waals surface area contributed by atoms with Gasteiger partial charge in [0.1, 0.15) is 0 Å². The molecule has 2 heteroatoms. The molecule has 98 valence electrons. The zero-order valence-corrected chi connectivity index (χ0v) is 11.5. The fourth-order valence-electron chi connectivity index (χ4n) is 4.03. The Balaban J connectivity index is 2.35. The third-order valence-electron chi connectivity index (χ3n) is 4.89. The van der Waals surface area contributed by atoms with E-state index < -0.39 is 5.60 Å². The first kappa shape index (κ1) is 13.1. The Morgan fingerprint density at radius 3 is 2.65 bits per heavy atom. The Hall–Kier alpha value is -0.340. The van der Waals surface area contributed by atoms with Crippen molar-refractivity contribution in [3.8, 4) is 0 Å². The van der Waals surface area contributed by atoms with Gasteiger partial charge in [0.2, 0.25) is 0 Å². The van der Waals surface area contributed by atoms with Gasteiger partial charge in [0.05, 0.1) is 11.7 Å². The summed E-state index contributed by atoms with van der Waals surface area (Å²) < 4.78 is 0. The van der Waals surface area contributed by atoms with Crippen LogP contribution in [-0.4, -0.2) is 21.9 Å². The highest BCUT2D eigenvalue weighted by Crippen LogP contribution is 2.49. The maximum absolute atomic E-state index is 10.5. The molecule has 1 saturated carbocycles. The van der Waals surface area contributed by atoms with Gasteiger partial charge in [-0.3, -0.25) is 0 Å². The van der Waals surface area contributed by atoms with Crippen LogP contribution >= 0.6 is 0 Å². The molecule has 2 N–H and O–H groups in total. The summed E-state index contributed by atoms with van der Waals surface area (Å²) >= 11 is 0. The van der Waals surface area contributed by atoms with Crippen molar-refractivity contribution >= 4 is 0 Å². The molecule has 0 heterocycles. The number of fused-ring (bicyclic) bond motifs is 1. The number of aliphatic hydroxyl groups is 2. The molecule has 0 bridgehead atoms. The SMILES string of the molecule is CC1=C[C@@H]2[C@H]([C@H](O)C1)[C@](C)(O)CC[C@H]2C(C)C. The van der Waals surface area contributed by atoms with Crippen LogP contribution < -0.4 is 0 Å². The van der Waals surface area contributed by atoms with E-state index in [1.54, 1.807) is 0 Å². The number of aliphatic hydroxyl groups excluding tert-OH is 1. The van der Waals surface area contributed by atoms with Gasteiger partial charge in [-0.2, -0.15) is 0 Å². The van der Waals surface area contributed by atoms with Crippen LogP contribution in [0.4, 0.5) is 0 Å². The lowest BCUT2D eigenvalue weighted by molar-refractivity contribution is -0.125. The lowest BCUT2D eigenvalue weighted by Gasteiger charge is -2.51. The Morgan fingerprint density at radius 1 is 1.41 bits per heavy atom. The summed E-state index contributed by atoms with van der Waals surface area (Å²) in [4.78, 5) is 0. The molecule has 0 aromatic carbocycles. The summed E-state index contributed by atoms with van der Waals surface area (Å²) in [7, 11) is 0. The summed E-state index contributed by atoms with van der Waals surface area (Å²) in [6, 6.07) is 0. The summed E-state index contributed by atoms with van der Waals surface area (Å²) in [5.74, 6) is 1.59. The molecule has 0 saturated heterocycles. The molecule has 0 aromatic heterocycles. The molecule has 0 amide bonds. The maximum Gasteiger partial charge on any atom is 0.0678 e. The van der Waals surface area contributed by atoms with Gasteiger partial charge in [-0.05, 0) is 50.9 Å². The molecule has 17 heavy (non-hydrogen) atoms. The van der Waals surface area contributed by atoms with E-state index in [1.165, 1.54) is 5.57 Å². The van der Waals surface area contributed by atoms with Crippen molar-refractivity contribution in [2.75, 3.05) is 0 Å². The molecule has 0 aliphatic heterocycles. The van der Waals surface area contributed by atoms with Crippen molar-refractivity contribution in [3.63, 3.8) is 0 Å². The summed E-state index contributed by atoms with van der Waals surface area (Å²) in [6.07, 6.45) is 4.56. The van der Waals surface area contributed by atoms with Crippen LogP contribution in [0.15, 0.2) is 11.6 Å². The molecule has 2 aliphatic rings. The van der Waals surface area contributed by atoms with Gasteiger partial charge in [0.25, 0.3) is 0 Å². The molecule has 2 aliphatic carbocycles. The molecule has 5 atom stereocenters. The predicted octanol–water partition coefficient (Wildman–Crippen LogP) is 2.75. The van der Waals surface area contributed by atoms with Crippen molar-refractivity contribution in [2.24, 2.45) is 23.7 Å². The average Bonchev–Trinajstić information content (AvgIpc) is 2.14. The highest BCUT2D eigenvalue weighted by atomic mass is 16.3. The van der Waals surface area contributed by atoms with E-state index in [9.17, 15) is 10.2 Å². The molecule has 2 rings (SSSR count). The predicted molar refractivity (Wildman–Crippen MR) is 69.5 cm³/mol. The van der Waals surface area contributed by atoms with E-state index in [-0.39, 0.29) is 12.0 Å². The Kier molecular flexibility index (Phi) is 3.39. The summed E-state index contributed by atoms with van der Waals surface area (Å²) in [5, 5.41) is 20.8.